The molecule has 0 bridgehead atoms. The van der Waals surface area contributed by atoms with E-state index in [-0.39, 0.29) is 11.1 Å². The Kier molecular flexibility index (Phi) is 4.11. The highest BCUT2D eigenvalue weighted by Gasteiger charge is 2.33. The molecule has 0 atom stereocenters. The zero-order chi connectivity index (χ0) is 13.0. The Morgan fingerprint density at radius 2 is 2.00 bits per heavy atom. The number of rotatable bonds is 5. The summed E-state index contributed by atoms with van der Waals surface area (Å²) in [6.07, 6.45) is 4.58. The summed E-state index contributed by atoms with van der Waals surface area (Å²) >= 11 is 4.40. The number of nitro groups is 1. The quantitative estimate of drug-likeness (QED) is 0.505. The van der Waals surface area contributed by atoms with Gasteiger partial charge in [0, 0.05) is 11.5 Å². The summed E-state index contributed by atoms with van der Waals surface area (Å²) < 4.78 is 5.69. The van der Waals surface area contributed by atoms with E-state index in [0.717, 1.165) is 18.6 Å². The molecule has 98 valence electrons. The molecule has 18 heavy (non-hydrogen) atoms. The van der Waals surface area contributed by atoms with Crippen LogP contribution in [-0.4, -0.2) is 17.3 Å². The minimum Gasteiger partial charge on any atom is -0.486 e. The fourth-order valence-electron chi connectivity index (χ4n) is 2.43. The lowest BCUT2D eigenvalue weighted by molar-refractivity contribution is -0.386. The van der Waals surface area contributed by atoms with Gasteiger partial charge in [-0.2, -0.15) is 12.6 Å². The fourth-order valence-corrected chi connectivity index (χ4v) is 2.84. The van der Waals surface area contributed by atoms with Gasteiger partial charge in [0.05, 0.1) is 11.5 Å². The number of hydrogen-bond acceptors (Lipinski definition) is 4. The molecule has 1 saturated carbocycles. The first kappa shape index (κ1) is 13.2. The maximum atomic E-state index is 10.9. The summed E-state index contributed by atoms with van der Waals surface area (Å²) in [4.78, 5) is 10.5. The maximum Gasteiger partial charge on any atom is 0.310 e. The van der Waals surface area contributed by atoms with Crippen LogP contribution in [0.4, 0.5) is 5.69 Å². The van der Waals surface area contributed by atoms with E-state index >= 15 is 0 Å². The van der Waals surface area contributed by atoms with Gasteiger partial charge in [0.1, 0.15) is 0 Å². The molecule has 1 aliphatic carbocycles. The largest absolute Gasteiger partial charge is 0.486 e. The fraction of sp³-hybridized carbons (Fsp3) is 0.538. The number of ether oxygens (including phenoxy) is 1. The van der Waals surface area contributed by atoms with Gasteiger partial charge >= 0.3 is 5.69 Å². The number of hydrogen-bond donors (Lipinski definition) is 1. The summed E-state index contributed by atoms with van der Waals surface area (Å²) in [5.74, 6) is 1.13. The van der Waals surface area contributed by atoms with Crippen molar-refractivity contribution in [1.82, 2.24) is 0 Å². The molecular weight excluding hydrogens is 250 g/mol. The van der Waals surface area contributed by atoms with Crippen molar-refractivity contribution in [3.05, 3.63) is 34.4 Å². The van der Waals surface area contributed by atoms with Crippen LogP contribution < -0.4 is 4.74 Å². The second kappa shape index (κ2) is 5.61. The second-order valence-corrected chi connectivity index (χ2v) is 5.19. The van der Waals surface area contributed by atoms with Crippen molar-refractivity contribution in [3.63, 3.8) is 0 Å². The summed E-state index contributed by atoms with van der Waals surface area (Å²) in [6, 6.07) is 6.52. The SMILES string of the molecule is O=[N+]([O-])c1ccccc1OCC1(CS)CCCC1. The van der Waals surface area contributed by atoms with Crippen LogP contribution in [0.2, 0.25) is 0 Å². The van der Waals surface area contributed by atoms with Crippen LogP contribution in [0.1, 0.15) is 25.7 Å². The molecule has 5 heteroatoms. The summed E-state index contributed by atoms with van der Waals surface area (Å²) in [7, 11) is 0. The van der Waals surface area contributed by atoms with E-state index in [1.165, 1.54) is 18.9 Å². The molecule has 0 saturated heterocycles. The molecule has 1 aliphatic rings. The van der Waals surface area contributed by atoms with Gasteiger partial charge in [0.15, 0.2) is 5.75 Å². The highest BCUT2D eigenvalue weighted by Crippen LogP contribution is 2.40. The summed E-state index contributed by atoms with van der Waals surface area (Å²) in [6.45, 7) is 0.515. The Balaban J connectivity index is 2.08. The Morgan fingerprint density at radius 1 is 1.33 bits per heavy atom. The van der Waals surface area contributed by atoms with Crippen LogP contribution in [0.3, 0.4) is 0 Å². The molecule has 4 nitrogen and oxygen atoms in total. The van der Waals surface area contributed by atoms with Crippen LogP contribution in [0.25, 0.3) is 0 Å². The number of thiol groups is 1. The van der Waals surface area contributed by atoms with Crippen LogP contribution in [0.5, 0.6) is 5.75 Å². The van der Waals surface area contributed by atoms with Gasteiger partial charge in [-0.3, -0.25) is 10.1 Å². The van der Waals surface area contributed by atoms with E-state index < -0.39 is 4.92 Å². The molecule has 0 aromatic heterocycles. The number of benzene rings is 1. The Morgan fingerprint density at radius 3 is 2.61 bits per heavy atom. The smallest absolute Gasteiger partial charge is 0.310 e. The molecule has 0 amide bonds. The van der Waals surface area contributed by atoms with E-state index in [4.69, 9.17) is 4.74 Å². The molecule has 1 aromatic rings. The summed E-state index contributed by atoms with van der Waals surface area (Å²) in [5.41, 5.74) is 0.122. The van der Waals surface area contributed by atoms with Gasteiger partial charge in [0.2, 0.25) is 0 Å². The van der Waals surface area contributed by atoms with E-state index in [0.29, 0.717) is 12.4 Å². The van der Waals surface area contributed by atoms with E-state index in [1.807, 2.05) is 0 Å². The van der Waals surface area contributed by atoms with Crippen LogP contribution in [0.15, 0.2) is 24.3 Å². The van der Waals surface area contributed by atoms with E-state index in [9.17, 15) is 10.1 Å². The molecule has 1 fully saturated rings. The Labute approximate surface area is 112 Å². The Bertz CT molecular complexity index is 430. The molecule has 0 aliphatic heterocycles. The molecule has 0 N–H and O–H groups in total. The van der Waals surface area contributed by atoms with Gasteiger partial charge in [-0.1, -0.05) is 25.0 Å². The van der Waals surface area contributed by atoms with Crippen LogP contribution in [0, 0.1) is 15.5 Å². The van der Waals surface area contributed by atoms with E-state index in [1.54, 1.807) is 18.2 Å². The first-order valence-corrected chi connectivity index (χ1v) is 6.77. The van der Waals surface area contributed by atoms with Crippen molar-refractivity contribution in [3.8, 4) is 5.75 Å². The van der Waals surface area contributed by atoms with Crippen molar-refractivity contribution in [1.29, 1.82) is 0 Å². The predicted octanol–water partition coefficient (Wildman–Crippen LogP) is 3.46. The monoisotopic (exact) mass is 267 g/mol. The lowest BCUT2D eigenvalue weighted by atomic mass is 9.90. The minimum absolute atomic E-state index is 0.0322. The lowest BCUT2D eigenvalue weighted by Gasteiger charge is -2.26. The van der Waals surface area contributed by atoms with Gasteiger partial charge in [-0.05, 0) is 24.7 Å². The highest BCUT2D eigenvalue weighted by atomic mass is 32.1. The Hall–Kier alpha value is -1.23. The zero-order valence-electron chi connectivity index (χ0n) is 10.2. The standard InChI is InChI=1S/C13H17NO3S/c15-14(16)11-5-1-2-6-12(11)17-9-13(10-18)7-3-4-8-13/h1-2,5-6,18H,3-4,7-10H2. The van der Waals surface area contributed by atoms with Gasteiger partial charge in [-0.15, -0.1) is 0 Å². The van der Waals surface area contributed by atoms with Crippen LogP contribution >= 0.6 is 12.6 Å². The average molecular weight is 267 g/mol. The van der Waals surface area contributed by atoms with Crippen LogP contribution in [-0.2, 0) is 0 Å². The average Bonchev–Trinajstić information content (AvgIpc) is 2.86. The topological polar surface area (TPSA) is 52.4 Å². The number of nitro benzene ring substituents is 1. The van der Waals surface area contributed by atoms with Crippen molar-refractivity contribution < 1.29 is 9.66 Å². The summed E-state index contributed by atoms with van der Waals surface area (Å²) in [5, 5.41) is 10.9. The maximum absolute atomic E-state index is 10.9. The normalized spacial score (nSPS) is 17.6. The van der Waals surface area contributed by atoms with Crippen molar-refractivity contribution in [2.75, 3.05) is 12.4 Å². The zero-order valence-corrected chi connectivity index (χ0v) is 11.1. The lowest BCUT2D eigenvalue weighted by Crippen LogP contribution is -2.27. The molecule has 0 heterocycles. The van der Waals surface area contributed by atoms with Gasteiger partial charge in [0.25, 0.3) is 0 Å². The number of nitrogens with zero attached hydrogens (tertiary/aromatic N) is 1. The first-order chi connectivity index (χ1) is 8.67. The second-order valence-electron chi connectivity index (χ2n) is 4.88. The van der Waals surface area contributed by atoms with Gasteiger partial charge < -0.3 is 4.74 Å². The predicted molar refractivity (Wildman–Crippen MR) is 73.3 cm³/mol. The molecule has 0 spiro atoms. The third-order valence-electron chi connectivity index (χ3n) is 3.60. The highest BCUT2D eigenvalue weighted by molar-refractivity contribution is 7.80. The molecule has 0 radical (unpaired) electrons. The molecule has 0 unspecified atom stereocenters. The molecule has 2 rings (SSSR count). The van der Waals surface area contributed by atoms with Crippen molar-refractivity contribution in [2.24, 2.45) is 5.41 Å². The third kappa shape index (κ3) is 2.77. The number of para-hydroxylation sites is 2. The molecular formula is C13H17NO3S. The molecule has 1 aromatic carbocycles. The minimum atomic E-state index is -0.405. The third-order valence-corrected chi connectivity index (χ3v) is 4.27. The van der Waals surface area contributed by atoms with Gasteiger partial charge in [-0.25, -0.2) is 0 Å². The first-order valence-electron chi connectivity index (χ1n) is 6.14. The van der Waals surface area contributed by atoms with Crippen molar-refractivity contribution >= 4 is 18.3 Å². The van der Waals surface area contributed by atoms with E-state index in [2.05, 4.69) is 12.6 Å². The van der Waals surface area contributed by atoms with Crippen molar-refractivity contribution in [2.45, 2.75) is 25.7 Å².